The Bertz CT molecular complexity index is 353. The van der Waals surface area contributed by atoms with Crippen molar-refractivity contribution < 1.29 is 8.78 Å². The minimum absolute atomic E-state index is 0.250. The molecule has 4 heteroatoms. The molecule has 0 spiro atoms. The molecular formula is C12H18F2N2. The third-order valence-corrected chi connectivity index (χ3v) is 2.67. The summed E-state index contributed by atoms with van der Waals surface area (Å²) in [4.78, 5) is 0. The third-order valence-electron chi connectivity index (χ3n) is 2.67. The van der Waals surface area contributed by atoms with Crippen LogP contribution in [0, 0.1) is 18.6 Å². The SMILES string of the molecule is Cc1ccc([C@@H](N)CCCCN)c(F)c1F. The molecule has 0 heterocycles. The van der Waals surface area contributed by atoms with Crippen molar-refractivity contribution in [1.82, 2.24) is 0 Å². The van der Waals surface area contributed by atoms with E-state index < -0.39 is 17.7 Å². The molecule has 1 atom stereocenters. The maximum Gasteiger partial charge on any atom is 0.163 e. The van der Waals surface area contributed by atoms with Gasteiger partial charge in [0, 0.05) is 11.6 Å². The van der Waals surface area contributed by atoms with E-state index in [1.54, 1.807) is 12.1 Å². The molecule has 0 saturated carbocycles. The maximum atomic E-state index is 13.5. The van der Waals surface area contributed by atoms with E-state index in [1.165, 1.54) is 6.92 Å². The summed E-state index contributed by atoms with van der Waals surface area (Å²) in [5.41, 5.74) is 11.7. The largest absolute Gasteiger partial charge is 0.330 e. The summed E-state index contributed by atoms with van der Waals surface area (Å²) in [5, 5.41) is 0. The smallest absolute Gasteiger partial charge is 0.163 e. The van der Waals surface area contributed by atoms with Crippen LogP contribution in [0.2, 0.25) is 0 Å². The zero-order chi connectivity index (χ0) is 12.1. The number of unbranched alkanes of at least 4 members (excludes halogenated alkanes) is 1. The van der Waals surface area contributed by atoms with E-state index in [9.17, 15) is 8.78 Å². The Morgan fingerprint density at radius 2 is 1.88 bits per heavy atom. The molecular weight excluding hydrogens is 210 g/mol. The molecule has 16 heavy (non-hydrogen) atoms. The lowest BCUT2D eigenvalue weighted by atomic mass is 10.00. The highest BCUT2D eigenvalue weighted by Crippen LogP contribution is 2.23. The first-order chi connectivity index (χ1) is 7.57. The van der Waals surface area contributed by atoms with Crippen LogP contribution in [-0.2, 0) is 0 Å². The minimum atomic E-state index is -0.819. The van der Waals surface area contributed by atoms with Gasteiger partial charge in [-0.3, -0.25) is 0 Å². The molecule has 0 saturated heterocycles. The van der Waals surface area contributed by atoms with Crippen LogP contribution in [0.3, 0.4) is 0 Å². The van der Waals surface area contributed by atoms with Crippen LogP contribution in [0.5, 0.6) is 0 Å². The molecule has 0 aromatic heterocycles. The Labute approximate surface area is 94.6 Å². The number of benzene rings is 1. The second-order valence-corrected chi connectivity index (χ2v) is 3.99. The number of hydrogen-bond acceptors (Lipinski definition) is 2. The molecule has 2 nitrogen and oxygen atoms in total. The monoisotopic (exact) mass is 228 g/mol. The zero-order valence-corrected chi connectivity index (χ0v) is 9.47. The quantitative estimate of drug-likeness (QED) is 0.760. The van der Waals surface area contributed by atoms with E-state index >= 15 is 0 Å². The number of nitrogens with two attached hydrogens (primary N) is 2. The van der Waals surface area contributed by atoms with E-state index in [4.69, 9.17) is 11.5 Å². The van der Waals surface area contributed by atoms with Crippen molar-refractivity contribution in [3.8, 4) is 0 Å². The Hall–Kier alpha value is -1.00. The molecule has 90 valence electrons. The fraction of sp³-hybridized carbons (Fsp3) is 0.500. The van der Waals surface area contributed by atoms with E-state index in [1.807, 2.05) is 0 Å². The predicted molar refractivity (Wildman–Crippen MR) is 60.9 cm³/mol. The fourth-order valence-electron chi connectivity index (χ4n) is 1.61. The first-order valence-electron chi connectivity index (χ1n) is 5.48. The lowest BCUT2D eigenvalue weighted by molar-refractivity contribution is 0.475. The fourth-order valence-corrected chi connectivity index (χ4v) is 1.61. The van der Waals surface area contributed by atoms with Crippen molar-refractivity contribution in [3.05, 3.63) is 34.9 Å². The first-order valence-corrected chi connectivity index (χ1v) is 5.48. The average molecular weight is 228 g/mol. The lowest BCUT2D eigenvalue weighted by Crippen LogP contribution is -2.14. The van der Waals surface area contributed by atoms with Gasteiger partial charge in [0.2, 0.25) is 0 Å². The van der Waals surface area contributed by atoms with Gasteiger partial charge in [-0.1, -0.05) is 18.6 Å². The highest BCUT2D eigenvalue weighted by molar-refractivity contribution is 5.27. The van der Waals surface area contributed by atoms with Crippen molar-refractivity contribution in [2.75, 3.05) is 6.54 Å². The number of aryl methyl sites for hydroxylation is 1. The second kappa shape index (κ2) is 5.92. The Kier molecular flexibility index (Phi) is 4.83. The van der Waals surface area contributed by atoms with Crippen molar-refractivity contribution in [2.24, 2.45) is 11.5 Å². The first kappa shape index (κ1) is 13.1. The van der Waals surface area contributed by atoms with Gasteiger partial charge in [-0.25, -0.2) is 8.78 Å². The normalized spacial score (nSPS) is 12.8. The molecule has 0 bridgehead atoms. The summed E-state index contributed by atoms with van der Waals surface area (Å²) in [6, 6.07) is 2.65. The number of halogens is 2. The van der Waals surface area contributed by atoms with Crippen LogP contribution in [-0.4, -0.2) is 6.54 Å². The molecule has 0 aliphatic heterocycles. The van der Waals surface area contributed by atoms with Gasteiger partial charge in [0.25, 0.3) is 0 Å². The topological polar surface area (TPSA) is 52.0 Å². The summed E-state index contributed by atoms with van der Waals surface area (Å²) >= 11 is 0. The van der Waals surface area contributed by atoms with Gasteiger partial charge in [0.05, 0.1) is 0 Å². The molecule has 0 unspecified atom stereocenters. The zero-order valence-electron chi connectivity index (χ0n) is 9.47. The van der Waals surface area contributed by atoms with Gasteiger partial charge in [-0.2, -0.15) is 0 Å². The highest BCUT2D eigenvalue weighted by atomic mass is 19.2. The molecule has 4 N–H and O–H groups in total. The molecule has 0 amide bonds. The van der Waals surface area contributed by atoms with Gasteiger partial charge >= 0.3 is 0 Å². The lowest BCUT2D eigenvalue weighted by Gasteiger charge is -2.13. The highest BCUT2D eigenvalue weighted by Gasteiger charge is 2.15. The molecule has 1 rings (SSSR count). The van der Waals surface area contributed by atoms with Gasteiger partial charge in [0.15, 0.2) is 11.6 Å². The van der Waals surface area contributed by atoms with Gasteiger partial charge < -0.3 is 11.5 Å². The third kappa shape index (κ3) is 3.00. The Morgan fingerprint density at radius 1 is 1.19 bits per heavy atom. The van der Waals surface area contributed by atoms with E-state index in [0.717, 1.165) is 12.8 Å². The van der Waals surface area contributed by atoms with Gasteiger partial charge in [-0.05, 0) is 31.9 Å². The maximum absolute atomic E-state index is 13.5. The van der Waals surface area contributed by atoms with Crippen molar-refractivity contribution in [3.63, 3.8) is 0 Å². The number of hydrogen-bond donors (Lipinski definition) is 2. The summed E-state index contributed by atoms with van der Waals surface area (Å²) in [7, 11) is 0. The Morgan fingerprint density at radius 3 is 2.50 bits per heavy atom. The summed E-state index contributed by atoms with van der Waals surface area (Å²) < 4.78 is 26.8. The van der Waals surface area contributed by atoms with Crippen molar-refractivity contribution in [2.45, 2.75) is 32.2 Å². The minimum Gasteiger partial charge on any atom is -0.330 e. The number of rotatable bonds is 5. The Balaban J connectivity index is 2.76. The van der Waals surface area contributed by atoms with Crippen LogP contribution >= 0.6 is 0 Å². The molecule has 0 aliphatic rings. The van der Waals surface area contributed by atoms with Crippen LogP contribution in [0.4, 0.5) is 8.78 Å². The van der Waals surface area contributed by atoms with Crippen LogP contribution < -0.4 is 11.5 Å². The summed E-state index contributed by atoms with van der Waals surface area (Å²) in [6.07, 6.45) is 2.30. The standard InChI is InChI=1S/C12H18F2N2/c1-8-5-6-9(12(14)11(8)13)10(16)4-2-3-7-15/h5-6,10H,2-4,7,15-16H2,1H3/t10-/m0/s1. The van der Waals surface area contributed by atoms with E-state index in [-0.39, 0.29) is 5.56 Å². The van der Waals surface area contributed by atoms with Crippen LogP contribution in [0.1, 0.15) is 36.4 Å². The summed E-state index contributed by atoms with van der Waals surface area (Å²) in [5.74, 6) is -1.62. The van der Waals surface area contributed by atoms with Crippen molar-refractivity contribution in [1.29, 1.82) is 0 Å². The average Bonchev–Trinajstić information content (AvgIpc) is 2.26. The second-order valence-electron chi connectivity index (χ2n) is 3.99. The van der Waals surface area contributed by atoms with E-state index in [2.05, 4.69) is 0 Å². The van der Waals surface area contributed by atoms with Gasteiger partial charge in [-0.15, -0.1) is 0 Å². The predicted octanol–water partition coefficient (Wildman–Crippen LogP) is 2.40. The summed E-state index contributed by atoms with van der Waals surface area (Å²) in [6.45, 7) is 2.12. The molecule has 1 aromatic carbocycles. The molecule has 0 fully saturated rings. The van der Waals surface area contributed by atoms with Crippen LogP contribution in [0.25, 0.3) is 0 Å². The van der Waals surface area contributed by atoms with Crippen molar-refractivity contribution >= 4 is 0 Å². The van der Waals surface area contributed by atoms with Gasteiger partial charge in [0.1, 0.15) is 0 Å². The molecule has 0 aliphatic carbocycles. The van der Waals surface area contributed by atoms with Crippen LogP contribution in [0.15, 0.2) is 12.1 Å². The molecule has 1 aromatic rings. The molecule has 0 radical (unpaired) electrons. The van der Waals surface area contributed by atoms with E-state index in [0.29, 0.717) is 18.5 Å².